The Morgan fingerprint density at radius 3 is 2.91 bits per heavy atom. The number of carbonyl (C=O) groups excluding carboxylic acids is 1. The minimum absolute atomic E-state index is 0.0280. The molecule has 22 heavy (non-hydrogen) atoms. The minimum Gasteiger partial charge on any atom is -0.441 e. The summed E-state index contributed by atoms with van der Waals surface area (Å²) in [7, 11) is -4.58. The highest BCUT2D eigenvalue weighted by Crippen LogP contribution is 2.29. The van der Waals surface area contributed by atoms with Crippen LogP contribution in [0.15, 0.2) is 22.6 Å². The molecule has 0 saturated carbocycles. The van der Waals surface area contributed by atoms with Crippen molar-refractivity contribution in [1.29, 1.82) is 0 Å². The molecule has 0 aliphatic carbocycles. The van der Waals surface area contributed by atoms with Gasteiger partial charge < -0.3 is 9.32 Å². The Labute approximate surface area is 127 Å². The van der Waals surface area contributed by atoms with E-state index in [1.807, 2.05) is 6.92 Å². The second-order valence-electron chi connectivity index (χ2n) is 5.39. The first-order valence-electron chi connectivity index (χ1n) is 6.98. The maximum atomic E-state index is 12.8. The van der Waals surface area contributed by atoms with E-state index >= 15 is 0 Å². The summed E-state index contributed by atoms with van der Waals surface area (Å²) in [5.41, 5.74) is 1.89. The number of oxazole rings is 1. The number of carbonyl (C=O) groups is 1. The van der Waals surface area contributed by atoms with Crippen molar-refractivity contribution in [1.82, 2.24) is 4.98 Å². The number of hydrogen-bond acceptors (Lipinski definition) is 5. The van der Waals surface area contributed by atoms with Gasteiger partial charge in [0.25, 0.3) is 0 Å². The highest BCUT2D eigenvalue weighted by atomic mass is 32.3. The Bertz CT molecular complexity index is 830. The van der Waals surface area contributed by atoms with Crippen LogP contribution in [0.5, 0.6) is 0 Å². The Hall–Kier alpha value is -1.96. The molecule has 8 heteroatoms. The first kappa shape index (κ1) is 15.0. The zero-order valence-corrected chi connectivity index (χ0v) is 12.8. The highest BCUT2D eigenvalue weighted by molar-refractivity contribution is 7.86. The molecule has 118 valence electrons. The molecule has 3 rings (SSSR count). The smallest absolute Gasteiger partial charge is 0.302 e. The van der Waals surface area contributed by atoms with Crippen LogP contribution in [0, 0.1) is 5.92 Å². The van der Waals surface area contributed by atoms with Crippen LogP contribution in [-0.4, -0.2) is 31.6 Å². The van der Waals surface area contributed by atoms with Gasteiger partial charge in [-0.25, -0.2) is 4.98 Å². The van der Waals surface area contributed by atoms with Crippen molar-refractivity contribution in [3.8, 4) is 0 Å². The van der Waals surface area contributed by atoms with Crippen LogP contribution in [0.1, 0.15) is 19.2 Å². The predicted octanol–water partition coefficient (Wildman–Crippen LogP) is 2.04. The Kier molecular flexibility index (Phi) is 3.64. The minimum atomic E-state index is -4.58. The number of amides is 1. The number of benzene rings is 1. The number of anilines is 1. The van der Waals surface area contributed by atoms with Crippen molar-refractivity contribution in [2.75, 3.05) is 17.2 Å². The van der Waals surface area contributed by atoms with Gasteiger partial charge in [0.2, 0.25) is 5.91 Å². The van der Waals surface area contributed by atoms with Crippen LogP contribution in [-0.2, 0) is 21.4 Å². The van der Waals surface area contributed by atoms with Gasteiger partial charge in [-0.05, 0) is 18.2 Å². The lowest BCUT2D eigenvalue weighted by Crippen LogP contribution is -2.25. The number of aromatic nitrogens is 1. The quantitative estimate of drug-likeness (QED) is 0.803. The lowest BCUT2D eigenvalue weighted by molar-refractivity contribution is -0.117. The van der Waals surface area contributed by atoms with Gasteiger partial charge in [0.05, 0.1) is 5.75 Å². The molecule has 6 nitrogen and oxygen atoms in total. The molecule has 1 aliphatic heterocycles. The molecule has 1 amide bonds. The molecular weight excluding hydrogens is 311 g/mol. The van der Waals surface area contributed by atoms with E-state index in [0.29, 0.717) is 29.1 Å². The number of fused-ring (bicyclic) bond motifs is 1. The Morgan fingerprint density at radius 1 is 1.45 bits per heavy atom. The van der Waals surface area contributed by atoms with Gasteiger partial charge >= 0.3 is 10.2 Å². The van der Waals surface area contributed by atoms with Gasteiger partial charge in [0.15, 0.2) is 11.5 Å². The van der Waals surface area contributed by atoms with Crippen molar-refractivity contribution in [2.24, 2.45) is 5.92 Å². The third-order valence-corrected chi connectivity index (χ3v) is 4.54. The van der Waals surface area contributed by atoms with Crippen LogP contribution in [0.3, 0.4) is 0 Å². The van der Waals surface area contributed by atoms with Crippen molar-refractivity contribution >= 4 is 32.9 Å². The lowest BCUT2D eigenvalue weighted by Gasteiger charge is -2.16. The zero-order valence-electron chi connectivity index (χ0n) is 12.0. The fourth-order valence-corrected chi connectivity index (χ4v) is 3.49. The first-order valence-corrected chi connectivity index (χ1v) is 8.53. The molecule has 0 bridgehead atoms. The fourth-order valence-electron chi connectivity index (χ4n) is 2.71. The average Bonchev–Trinajstić information content (AvgIpc) is 2.98. The van der Waals surface area contributed by atoms with Crippen molar-refractivity contribution in [2.45, 2.75) is 19.8 Å². The standard InChI is InChI=1S/C14H15FN2O4S/c1-2-13-16-11-6-10(3-4-12(11)21-13)17-7-9(5-14(17)18)8-22(15,19)20/h3-4,6,9H,2,5,7-8H2,1H3. The molecule has 2 heterocycles. The molecule has 1 saturated heterocycles. The van der Waals surface area contributed by atoms with Gasteiger partial charge in [0.1, 0.15) is 5.52 Å². The van der Waals surface area contributed by atoms with Crippen LogP contribution in [0.2, 0.25) is 0 Å². The molecule has 1 aromatic heterocycles. The number of aryl methyl sites for hydroxylation is 1. The molecule has 2 aromatic rings. The highest BCUT2D eigenvalue weighted by Gasteiger charge is 2.33. The van der Waals surface area contributed by atoms with E-state index in [0.717, 1.165) is 0 Å². The van der Waals surface area contributed by atoms with Gasteiger partial charge in [-0.3, -0.25) is 4.79 Å². The summed E-state index contributed by atoms with van der Waals surface area (Å²) in [5.74, 6) is -0.753. The molecule has 0 spiro atoms. The molecule has 1 aromatic carbocycles. The van der Waals surface area contributed by atoms with Crippen LogP contribution < -0.4 is 4.90 Å². The zero-order chi connectivity index (χ0) is 15.9. The SMILES string of the molecule is CCc1nc2cc(N3CC(CS(=O)(=O)F)CC3=O)ccc2o1. The van der Waals surface area contributed by atoms with E-state index < -0.39 is 21.9 Å². The van der Waals surface area contributed by atoms with Crippen molar-refractivity contribution in [3.05, 3.63) is 24.1 Å². The van der Waals surface area contributed by atoms with E-state index in [1.165, 1.54) is 4.90 Å². The summed E-state index contributed by atoms with van der Waals surface area (Å²) in [6.45, 7) is 2.11. The monoisotopic (exact) mass is 326 g/mol. The molecule has 1 unspecified atom stereocenters. The second-order valence-corrected chi connectivity index (χ2v) is 6.80. The summed E-state index contributed by atoms with van der Waals surface area (Å²) in [5, 5.41) is 0. The second kappa shape index (κ2) is 5.35. The maximum absolute atomic E-state index is 12.8. The van der Waals surface area contributed by atoms with E-state index in [1.54, 1.807) is 18.2 Å². The topological polar surface area (TPSA) is 80.5 Å². The van der Waals surface area contributed by atoms with Crippen molar-refractivity contribution < 1.29 is 21.5 Å². The predicted molar refractivity (Wildman–Crippen MR) is 78.7 cm³/mol. The van der Waals surface area contributed by atoms with Gasteiger partial charge in [0, 0.05) is 31.0 Å². The van der Waals surface area contributed by atoms with Gasteiger partial charge in [-0.2, -0.15) is 8.42 Å². The van der Waals surface area contributed by atoms with E-state index in [-0.39, 0.29) is 18.9 Å². The summed E-state index contributed by atoms with van der Waals surface area (Å²) in [6, 6.07) is 5.17. The Balaban J connectivity index is 1.86. The van der Waals surface area contributed by atoms with E-state index in [4.69, 9.17) is 4.42 Å². The number of halogens is 1. The van der Waals surface area contributed by atoms with Gasteiger partial charge in [-0.1, -0.05) is 6.92 Å². The fraction of sp³-hybridized carbons (Fsp3) is 0.429. The summed E-state index contributed by atoms with van der Waals surface area (Å²) in [4.78, 5) is 17.8. The molecule has 0 radical (unpaired) electrons. The van der Waals surface area contributed by atoms with Crippen LogP contribution >= 0.6 is 0 Å². The lowest BCUT2D eigenvalue weighted by atomic mass is 10.1. The molecular formula is C14H15FN2O4S. The Morgan fingerprint density at radius 2 is 2.23 bits per heavy atom. The molecule has 1 fully saturated rings. The van der Waals surface area contributed by atoms with Crippen LogP contribution in [0.25, 0.3) is 11.1 Å². The van der Waals surface area contributed by atoms with Crippen LogP contribution in [0.4, 0.5) is 9.57 Å². The third-order valence-electron chi connectivity index (χ3n) is 3.67. The first-order chi connectivity index (χ1) is 10.4. The third kappa shape index (κ3) is 2.96. The summed E-state index contributed by atoms with van der Waals surface area (Å²) < 4.78 is 39.7. The maximum Gasteiger partial charge on any atom is 0.302 e. The summed E-state index contributed by atoms with van der Waals surface area (Å²) >= 11 is 0. The molecule has 1 aliphatic rings. The van der Waals surface area contributed by atoms with E-state index in [2.05, 4.69) is 4.98 Å². The summed E-state index contributed by atoms with van der Waals surface area (Å²) in [6.07, 6.45) is 0.698. The largest absolute Gasteiger partial charge is 0.441 e. The van der Waals surface area contributed by atoms with Crippen molar-refractivity contribution in [3.63, 3.8) is 0 Å². The molecule has 1 atom stereocenters. The molecule has 0 N–H and O–H groups in total. The number of rotatable bonds is 4. The number of hydrogen-bond donors (Lipinski definition) is 0. The number of nitrogens with zero attached hydrogens (tertiary/aromatic N) is 2. The average molecular weight is 326 g/mol. The normalized spacial score (nSPS) is 19.3. The van der Waals surface area contributed by atoms with Gasteiger partial charge in [-0.15, -0.1) is 3.89 Å². The van der Waals surface area contributed by atoms with E-state index in [9.17, 15) is 17.1 Å².